The van der Waals surface area contributed by atoms with Crippen LogP contribution < -0.4 is 10.1 Å². The topological polar surface area (TPSA) is 65.1 Å². The average molecular weight is 443 g/mol. The number of benzene rings is 1. The third-order valence-corrected chi connectivity index (χ3v) is 6.87. The third kappa shape index (κ3) is 6.45. The van der Waals surface area contributed by atoms with Gasteiger partial charge in [-0.05, 0) is 50.4 Å². The smallest absolute Gasteiger partial charge is 0.226 e. The Kier molecular flexibility index (Phi) is 8.03. The molecule has 1 saturated carbocycles. The number of amides is 2. The summed E-state index contributed by atoms with van der Waals surface area (Å²) in [7, 11) is 0. The van der Waals surface area contributed by atoms with E-state index in [1.165, 1.54) is 0 Å². The van der Waals surface area contributed by atoms with Crippen LogP contribution in [0.5, 0.6) is 5.75 Å². The minimum atomic E-state index is 0.109. The second-order valence-electron chi connectivity index (χ2n) is 9.30. The zero-order chi connectivity index (χ0) is 22.3. The minimum Gasteiger partial charge on any atom is -0.491 e. The van der Waals surface area contributed by atoms with Crippen molar-refractivity contribution in [1.29, 1.82) is 0 Å². The molecule has 1 aliphatic carbocycles. The van der Waals surface area contributed by atoms with Crippen LogP contribution in [0.1, 0.15) is 43.7 Å². The van der Waals surface area contributed by atoms with E-state index in [1.807, 2.05) is 17.0 Å². The molecule has 176 valence electrons. The van der Waals surface area contributed by atoms with Crippen LogP contribution in [-0.4, -0.2) is 85.5 Å². The van der Waals surface area contributed by atoms with Crippen LogP contribution in [0.25, 0.3) is 0 Å². The van der Waals surface area contributed by atoms with Gasteiger partial charge in [0.05, 0.1) is 6.54 Å². The van der Waals surface area contributed by atoms with Crippen molar-refractivity contribution in [2.24, 2.45) is 5.92 Å². The molecule has 7 heteroatoms. The van der Waals surface area contributed by atoms with E-state index in [0.717, 1.165) is 82.0 Å². The van der Waals surface area contributed by atoms with Crippen LogP contribution in [0.2, 0.25) is 0 Å². The molecular weight excluding hydrogens is 404 g/mol. The number of hydrogen-bond donors (Lipinski definition) is 1. The van der Waals surface area contributed by atoms with Crippen LogP contribution in [-0.2, 0) is 22.6 Å². The first-order chi connectivity index (χ1) is 15.6. The van der Waals surface area contributed by atoms with Gasteiger partial charge in [0.2, 0.25) is 11.8 Å². The van der Waals surface area contributed by atoms with Crippen molar-refractivity contribution in [1.82, 2.24) is 20.0 Å². The summed E-state index contributed by atoms with van der Waals surface area (Å²) in [5.41, 5.74) is 2.18. The number of carbonyl (C=O) groups excluding carboxylic acids is 2. The van der Waals surface area contributed by atoms with E-state index >= 15 is 0 Å². The number of ether oxygens (including phenoxy) is 1. The first kappa shape index (κ1) is 23.1. The van der Waals surface area contributed by atoms with E-state index in [-0.39, 0.29) is 17.7 Å². The molecule has 0 radical (unpaired) electrons. The Labute approximate surface area is 192 Å². The summed E-state index contributed by atoms with van der Waals surface area (Å²) in [6, 6.07) is 6.14. The fourth-order valence-electron chi connectivity index (χ4n) is 4.59. The maximum absolute atomic E-state index is 12.5. The van der Waals surface area contributed by atoms with Crippen molar-refractivity contribution in [3.8, 4) is 5.75 Å². The van der Waals surface area contributed by atoms with E-state index in [0.29, 0.717) is 32.5 Å². The minimum absolute atomic E-state index is 0.109. The van der Waals surface area contributed by atoms with Gasteiger partial charge in [0, 0.05) is 57.2 Å². The summed E-state index contributed by atoms with van der Waals surface area (Å²) in [6.45, 7) is 11.5. The first-order valence-corrected chi connectivity index (χ1v) is 12.4. The molecule has 0 spiro atoms. The van der Waals surface area contributed by atoms with Crippen molar-refractivity contribution in [3.63, 3.8) is 0 Å². The molecule has 1 aromatic rings. The highest BCUT2D eigenvalue weighted by Gasteiger charge is 2.34. The molecule has 2 aliphatic heterocycles. The van der Waals surface area contributed by atoms with Gasteiger partial charge in [0.15, 0.2) is 0 Å². The first-order valence-electron chi connectivity index (χ1n) is 12.4. The van der Waals surface area contributed by atoms with Crippen LogP contribution in [0, 0.1) is 5.92 Å². The summed E-state index contributed by atoms with van der Waals surface area (Å²) in [4.78, 5) is 31.7. The van der Waals surface area contributed by atoms with Crippen LogP contribution in [0.15, 0.2) is 18.2 Å². The largest absolute Gasteiger partial charge is 0.491 e. The van der Waals surface area contributed by atoms with Gasteiger partial charge in [0.1, 0.15) is 12.4 Å². The average Bonchev–Trinajstić information content (AvgIpc) is 3.67. The summed E-state index contributed by atoms with van der Waals surface area (Å²) >= 11 is 0. The lowest BCUT2D eigenvalue weighted by atomic mass is 10.0. The number of aryl methyl sites for hydroxylation is 1. The van der Waals surface area contributed by atoms with Crippen LogP contribution in [0.3, 0.4) is 0 Å². The van der Waals surface area contributed by atoms with E-state index in [1.54, 1.807) is 0 Å². The van der Waals surface area contributed by atoms with Gasteiger partial charge >= 0.3 is 0 Å². The monoisotopic (exact) mass is 442 g/mol. The fourth-order valence-corrected chi connectivity index (χ4v) is 4.59. The standard InChI is InChI=1S/C25H38N4O3/c1-2-27-12-14-28(15-13-27)11-3-10-26-24(30)9-5-20-4-8-23-22(18-20)19-29(16-17-32-23)25(31)21-6-7-21/h4,8,18,21H,2-3,5-7,9-17,19H2,1H3,(H,26,30). The number of piperazine rings is 1. The molecule has 4 rings (SSSR count). The SMILES string of the molecule is CCN1CCN(CCCNC(=O)CCc2ccc3c(c2)CN(C(=O)C2CC2)CCO3)CC1. The predicted molar refractivity (Wildman–Crippen MR) is 125 cm³/mol. The lowest BCUT2D eigenvalue weighted by molar-refractivity contribution is -0.133. The Hall–Kier alpha value is -2.12. The molecule has 1 saturated heterocycles. The maximum atomic E-state index is 12.5. The second kappa shape index (κ2) is 11.1. The Morgan fingerprint density at radius 1 is 1.09 bits per heavy atom. The molecule has 3 aliphatic rings. The normalized spacial score (nSPS) is 19.7. The molecule has 7 nitrogen and oxygen atoms in total. The molecule has 0 aromatic heterocycles. The van der Waals surface area contributed by atoms with Gasteiger partial charge in [-0.25, -0.2) is 0 Å². The molecule has 1 aromatic carbocycles. The lowest BCUT2D eigenvalue weighted by Crippen LogP contribution is -2.46. The van der Waals surface area contributed by atoms with Gasteiger partial charge in [-0.3, -0.25) is 9.59 Å². The molecule has 0 bridgehead atoms. The number of fused-ring (bicyclic) bond motifs is 1. The highest BCUT2D eigenvalue weighted by Crippen LogP contribution is 2.33. The third-order valence-electron chi connectivity index (χ3n) is 6.87. The molecular formula is C25H38N4O3. The molecule has 2 fully saturated rings. The Balaban J connectivity index is 1.17. The van der Waals surface area contributed by atoms with Crippen LogP contribution in [0.4, 0.5) is 0 Å². The van der Waals surface area contributed by atoms with Gasteiger partial charge in [-0.2, -0.15) is 0 Å². The molecule has 32 heavy (non-hydrogen) atoms. The summed E-state index contributed by atoms with van der Waals surface area (Å²) in [6.07, 6.45) is 4.23. The predicted octanol–water partition coefficient (Wildman–Crippen LogP) is 1.89. The molecule has 1 N–H and O–H groups in total. The number of rotatable bonds is 9. The van der Waals surface area contributed by atoms with Crippen molar-refractivity contribution >= 4 is 11.8 Å². The Morgan fingerprint density at radius 2 is 1.88 bits per heavy atom. The number of carbonyl (C=O) groups is 2. The Bertz CT molecular complexity index is 787. The zero-order valence-corrected chi connectivity index (χ0v) is 19.5. The zero-order valence-electron chi connectivity index (χ0n) is 19.5. The quantitative estimate of drug-likeness (QED) is 0.592. The van der Waals surface area contributed by atoms with Crippen molar-refractivity contribution < 1.29 is 14.3 Å². The van der Waals surface area contributed by atoms with E-state index in [9.17, 15) is 9.59 Å². The van der Waals surface area contributed by atoms with Gasteiger partial charge < -0.3 is 24.8 Å². The molecule has 0 unspecified atom stereocenters. The number of likely N-dealkylation sites (N-methyl/N-ethyl adjacent to an activating group) is 1. The maximum Gasteiger partial charge on any atom is 0.226 e. The van der Waals surface area contributed by atoms with E-state index in [2.05, 4.69) is 28.1 Å². The number of nitrogens with one attached hydrogen (secondary N) is 1. The number of hydrogen-bond acceptors (Lipinski definition) is 5. The van der Waals surface area contributed by atoms with Crippen LogP contribution >= 0.6 is 0 Å². The highest BCUT2D eigenvalue weighted by molar-refractivity contribution is 5.81. The number of nitrogens with zero attached hydrogens (tertiary/aromatic N) is 3. The summed E-state index contributed by atoms with van der Waals surface area (Å²) in [5, 5.41) is 3.07. The second-order valence-corrected chi connectivity index (χ2v) is 9.30. The molecule has 0 atom stereocenters. The summed E-state index contributed by atoms with van der Waals surface area (Å²) in [5.74, 6) is 1.46. The van der Waals surface area contributed by atoms with Crippen molar-refractivity contribution in [2.45, 2.75) is 45.6 Å². The van der Waals surface area contributed by atoms with Crippen molar-refractivity contribution in [2.75, 3.05) is 59.0 Å². The summed E-state index contributed by atoms with van der Waals surface area (Å²) < 4.78 is 5.86. The Morgan fingerprint density at radius 3 is 2.62 bits per heavy atom. The fraction of sp³-hybridized carbons (Fsp3) is 0.680. The highest BCUT2D eigenvalue weighted by atomic mass is 16.5. The van der Waals surface area contributed by atoms with Crippen molar-refractivity contribution in [3.05, 3.63) is 29.3 Å². The van der Waals surface area contributed by atoms with Gasteiger partial charge in [0.25, 0.3) is 0 Å². The lowest BCUT2D eigenvalue weighted by Gasteiger charge is -2.33. The van der Waals surface area contributed by atoms with Gasteiger partial charge in [-0.1, -0.05) is 19.1 Å². The van der Waals surface area contributed by atoms with Gasteiger partial charge in [-0.15, -0.1) is 0 Å². The van der Waals surface area contributed by atoms with E-state index in [4.69, 9.17) is 4.74 Å². The molecule has 2 heterocycles. The molecule has 2 amide bonds. The van der Waals surface area contributed by atoms with E-state index < -0.39 is 0 Å².